The minimum absolute atomic E-state index is 0.0289. The molecule has 1 atom stereocenters. The molecule has 0 aliphatic carbocycles. The number of rotatable bonds is 4. The van der Waals surface area contributed by atoms with Crippen LogP contribution in [0.15, 0.2) is 12.4 Å². The molecule has 8 nitrogen and oxygen atoms in total. The number of hydrogen-bond acceptors (Lipinski definition) is 4. The minimum Gasteiger partial charge on any atom is -0.480 e. The van der Waals surface area contributed by atoms with Crippen molar-refractivity contribution >= 4 is 12.0 Å². The number of morpholine rings is 1. The van der Waals surface area contributed by atoms with Crippen molar-refractivity contribution in [2.75, 3.05) is 26.3 Å². The van der Waals surface area contributed by atoms with Gasteiger partial charge in [-0.25, -0.2) is 9.59 Å². The summed E-state index contributed by atoms with van der Waals surface area (Å²) in [5, 5.41) is 15.9. The first kappa shape index (κ1) is 14.3. The highest BCUT2D eigenvalue weighted by Crippen LogP contribution is 2.07. The summed E-state index contributed by atoms with van der Waals surface area (Å²) >= 11 is 0. The highest BCUT2D eigenvalue weighted by Gasteiger charge is 2.32. The zero-order chi connectivity index (χ0) is 14.5. The van der Waals surface area contributed by atoms with E-state index in [1.165, 1.54) is 4.90 Å². The van der Waals surface area contributed by atoms with Gasteiger partial charge in [-0.15, -0.1) is 0 Å². The Morgan fingerprint density at radius 2 is 2.40 bits per heavy atom. The van der Waals surface area contributed by atoms with E-state index in [9.17, 15) is 9.59 Å². The van der Waals surface area contributed by atoms with E-state index in [0.717, 1.165) is 5.56 Å². The van der Waals surface area contributed by atoms with Crippen LogP contribution in [-0.4, -0.2) is 64.1 Å². The molecule has 1 fully saturated rings. The molecule has 1 aromatic heterocycles. The van der Waals surface area contributed by atoms with E-state index in [4.69, 9.17) is 9.84 Å². The molecule has 2 rings (SSSR count). The highest BCUT2D eigenvalue weighted by molar-refractivity contribution is 5.82. The Labute approximate surface area is 116 Å². The van der Waals surface area contributed by atoms with Crippen molar-refractivity contribution < 1.29 is 19.4 Å². The van der Waals surface area contributed by atoms with E-state index < -0.39 is 12.0 Å². The van der Waals surface area contributed by atoms with Crippen molar-refractivity contribution in [1.82, 2.24) is 20.0 Å². The predicted molar refractivity (Wildman–Crippen MR) is 69.3 cm³/mol. The van der Waals surface area contributed by atoms with Gasteiger partial charge < -0.3 is 20.1 Å². The molecule has 8 heteroatoms. The lowest BCUT2D eigenvalue weighted by Crippen LogP contribution is -2.55. The van der Waals surface area contributed by atoms with Crippen LogP contribution in [0.25, 0.3) is 0 Å². The van der Waals surface area contributed by atoms with Crippen molar-refractivity contribution in [2.45, 2.75) is 19.5 Å². The van der Waals surface area contributed by atoms with E-state index in [-0.39, 0.29) is 19.2 Å². The van der Waals surface area contributed by atoms with Crippen molar-refractivity contribution in [2.24, 2.45) is 0 Å². The summed E-state index contributed by atoms with van der Waals surface area (Å²) < 4.78 is 6.81. The standard InChI is InChI=1S/C12H18N4O4/c1-9-6-14-15(7-9)3-2-13-12(19)16-4-5-20-8-10(16)11(17)18/h6-7,10H,2-5,8H2,1H3,(H,13,19)(H,17,18). The number of urea groups is 1. The average Bonchev–Trinajstić information content (AvgIpc) is 2.84. The zero-order valence-corrected chi connectivity index (χ0v) is 11.3. The van der Waals surface area contributed by atoms with Crippen LogP contribution >= 0.6 is 0 Å². The topological polar surface area (TPSA) is 96.7 Å². The first-order valence-corrected chi connectivity index (χ1v) is 6.42. The number of carbonyl (C=O) groups is 2. The summed E-state index contributed by atoms with van der Waals surface area (Å²) in [6.45, 7) is 3.54. The fraction of sp³-hybridized carbons (Fsp3) is 0.583. The maximum Gasteiger partial charge on any atom is 0.328 e. The first-order valence-electron chi connectivity index (χ1n) is 6.42. The summed E-state index contributed by atoms with van der Waals surface area (Å²) in [5.41, 5.74) is 1.05. The Morgan fingerprint density at radius 1 is 1.60 bits per heavy atom. The van der Waals surface area contributed by atoms with Crippen molar-refractivity contribution in [3.05, 3.63) is 18.0 Å². The number of ether oxygens (including phenoxy) is 1. The molecule has 110 valence electrons. The molecule has 2 amide bonds. The van der Waals surface area contributed by atoms with Gasteiger partial charge in [-0.3, -0.25) is 4.68 Å². The number of nitrogens with zero attached hydrogens (tertiary/aromatic N) is 3. The van der Waals surface area contributed by atoms with Gasteiger partial charge in [0, 0.05) is 19.3 Å². The zero-order valence-electron chi connectivity index (χ0n) is 11.3. The number of aryl methyl sites for hydroxylation is 1. The second-order valence-corrected chi connectivity index (χ2v) is 4.64. The van der Waals surface area contributed by atoms with E-state index >= 15 is 0 Å². The lowest BCUT2D eigenvalue weighted by molar-refractivity contribution is -0.147. The molecule has 0 radical (unpaired) electrons. The monoisotopic (exact) mass is 282 g/mol. The van der Waals surface area contributed by atoms with Crippen LogP contribution in [0.3, 0.4) is 0 Å². The number of aromatic nitrogens is 2. The van der Waals surface area contributed by atoms with Gasteiger partial charge in [0.2, 0.25) is 0 Å². The molecule has 0 aromatic carbocycles. The Morgan fingerprint density at radius 3 is 3.05 bits per heavy atom. The van der Waals surface area contributed by atoms with Crippen LogP contribution in [0.5, 0.6) is 0 Å². The summed E-state index contributed by atoms with van der Waals surface area (Å²) in [6, 6.07) is -1.31. The molecule has 0 saturated carbocycles. The molecule has 0 bridgehead atoms. The largest absolute Gasteiger partial charge is 0.480 e. The van der Waals surface area contributed by atoms with Gasteiger partial charge >= 0.3 is 12.0 Å². The van der Waals surface area contributed by atoms with Crippen LogP contribution < -0.4 is 5.32 Å². The number of carboxylic acids is 1. The summed E-state index contributed by atoms with van der Waals surface area (Å²) in [5.74, 6) is -1.05. The van der Waals surface area contributed by atoms with Gasteiger partial charge in [-0.05, 0) is 12.5 Å². The fourth-order valence-corrected chi connectivity index (χ4v) is 2.02. The first-order chi connectivity index (χ1) is 9.58. The number of aliphatic carboxylic acids is 1. The lowest BCUT2D eigenvalue weighted by atomic mass is 10.2. The Balaban J connectivity index is 1.82. The fourth-order valence-electron chi connectivity index (χ4n) is 2.02. The third kappa shape index (κ3) is 3.47. The van der Waals surface area contributed by atoms with Gasteiger partial charge in [-0.2, -0.15) is 5.10 Å². The summed E-state index contributed by atoms with van der Waals surface area (Å²) in [4.78, 5) is 24.3. The number of carbonyl (C=O) groups excluding carboxylic acids is 1. The van der Waals surface area contributed by atoms with Crippen LogP contribution in [0.4, 0.5) is 4.79 Å². The molecule has 20 heavy (non-hydrogen) atoms. The second-order valence-electron chi connectivity index (χ2n) is 4.64. The highest BCUT2D eigenvalue weighted by atomic mass is 16.5. The van der Waals surface area contributed by atoms with Gasteiger partial charge in [-0.1, -0.05) is 0 Å². The van der Waals surface area contributed by atoms with Gasteiger partial charge in [0.1, 0.15) is 0 Å². The summed E-state index contributed by atoms with van der Waals surface area (Å²) in [6.07, 6.45) is 3.62. The van der Waals surface area contributed by atoms with Crippen molar-refractivity contribution in [3.8, 4) is 0 Å². The molecular formula is C12H18N4O4. The normalized spacial score (nSPS) is 18.9. The van der Waals surface area contributed by atoms with Crippen molar-refractivity contribution in [3.63, 3.8) is 0 Å². The van der Waals surface area contributed by atoms with Crippen molar-refractivity contribution in [1.29, 1.82) is 0 Å². The molecule has 2 N–H and O–H groups in total. The molecular weight excluding hydrogens is 264 g/mol. The molecule has 1 aliphatic heterocycles. The van der Waals surface area contributed by atoms with Gasteiger partial charge in [0.15, 0.2) is 6.04 Å². The number of nitrogens with one attached hydrogen (secondary N) is 1. The van der Waals surface area contributed by atoms with E-state index in [1.54, 1.807) is 10.9 Å². The average molecular weight is 282 g/mol. The maximum atomic E-state index is 12.0. The minimum atomic E-state index is -1.05. The Kier molecular flexibility index (Phi) is 4.57. The Hall–Kier alpha value is -2.09. The van der Waals surface area contributed by atoms with E-state index in [0.29, 0.717) is 19.7 Å². The molecule has 1 unspecified atom stereocenters. The van der Waals surface area contributed by atoms with E-state index in [2.05, 4.69) is 10.4 Å². The lowest BCUT2D eigenvalue weighted by Gasteiger charge is -2.32. The van der Waals surface area contributed by atoms with Crippen LogP contribution in [-0.2, 0) is 16.1 Å². The smallest absolute Gasteiger partial charge is 0.328 e. The quantitative estimate of drug-likeness (QED) is 0.789. The summed E-state index contributed by atoms with van der Waals surface area (Å²) in [7, 11) is 0. The molecule has 1 aromatic rings. The van der Waals surface area contributed by atoms with Crippen LogP contribution in [0.1, 0.15) is 5.56 Å². The predicted octanol–water partition coefficient (Wildman–Crippen LogP) is -0.313. The number of hydrogen-bond donors (Lipinski definition) is 2. The molecule has 2 heterocycles. The van der Waals surface area contributed by atoms with Crippen LogP contribution in [0, 0.1) is 6.92 Å². The van der Waals surface area contributed by atoms with Gasteiger partial charge in [0.25, 0.3) is 0 Å². The third-order valence-corrected chi connectivity index (χ3v) is 3.05. The Bertz CT molecular complexity index is 488. The number of amides is 2. The SMILES string of the molecule is Cc1cnn(CCNC(=O)N2CCOCC2C(=O)O)c1. The maximum absolute atomic E-state index is 12.0. The molecule has 1 aliphatic rings. The molecule has 1 saturated heterocycles. The van der Waals surface area contributed by atoms with E-state index in [1.807, 2.05) is 13.1 Å². The molecule has 0 spiro atoms. The van der Waals surface area contributed by atoms with Gasteiger partial charge in [0.05, 0.1) is 26.0 Å². The number of carboxylic acid groups (broad SMARTS) is 1. The third-order valence-electron chi connectivity index (χ3n) is 3.05. The van der Waals surface area contributed by atoms with Crippen LogP contribution in [0.2, 0.25) is 0 Å². The second kappa shape index (κ2) is 6.38.